The molecule has 0 aliphatic heterocycles. The Kier molecular flexibility index (Phi) is 7.65. The van der Waals surface area contributed by atoms with Crippen LogP contribution in [0.2, 0.25) is 0 Å². The van der Waals surface area contributed by atoms with Crippen LogP contribution in [0.1, 0.15) is 37.4 Å². The third-order valence-electron chi connectivity index (χ3n) is 3.77. The van der Waals surface area contributed by atoms with E-state index in [9.17, 15) is 9.90 Å². The number of carbonyl (C=O) groups is 1. The normalized spacial score (nSPS) is 16.0. The van der Waals surface area contributed by atoms with Crippen LogP contribution < -0.4 is 10.1 Å². The van der Waals surface area contributed by atoms with E-state index in [1.807, 2.05) is 6.07 Å². The molecule has 0 aromatic heterocycles. The van der Waals surface area contributed by atoms with Crippen molar-refractivity contribution in [1.29, 1.82) is 0 Å². The molecule has 0 radical (unpaired) electrons. The SMILES string of the molecule is CN(C)C(=O)Oc1cccc(C(O)CNC2CCCC2)c1.Cl. The van der Waals surface area contributed by atoms with Gasteiger partial charge in [0.1, 0.15) is 5.75 Å². The van der Waals surface area contributed by atoms with E-state index < -0.39 is 12.2 Å². The molecule has 0 spiro atoms. The number of nitrogens with zero attached hydrogens (tertiary/aromatic N) is 1. The standard InChI is InChI=1S/C16H24N2O3.ClH/c1-18(2)16(20)21-14-9-5-6-12(10-14)15(19)11-17-13-7-3-4-8-13;/h5-6,9-10,13,15,17,19H,3-4,7-8,11H2,1-2H3;1H. The van der Waals surface area contributed by atoms with Gasteiger partial charge in [0.15, 0.2) is 0 Å². The van der Waals surface area contributed by atoms with E-state index in [2.05, 4.69) is 5.32 Å². The van der Waals surface area contributed by atoms with Crippen molar-refractivity contribution in [2.24, 2.45) is 0 Å². The highest BCUT2D eigenvalue weighted by Crippen LogP contribution is 2.21. The van der Waals surface area contributed by atoms with Gasteiger partial charge in [0, 0.05) is 26.7 Å². The molecule has 1 aliphatic rings. The molecule has 22 heavy (non-hydrogen) atoms. The van der Waals surface area contributed by atoms with Crippen LogP contribution in [0.3, 0.4) is 0 Å². The van der Waals surface area contributed by atoms with Gasteiger partial charge in [-0.15, -0.1) is 12.4 Å². The number of hydrogen-bond donors (Lipinski definition) is 2. The van der Waals surface area contributed by atoms with Crippen molar-refractivity contribution < 1.29 is 14.6 Å². The Labute approximate surface area is 138 Å². The summed E-state index contributed by atoms with van der Waals surface area (Å²) in [5, 5.41) is 13.6. The van der Waals surface area contributed by atoms with Gasteiger partial charge in [0.05, 0.1) is 6.10 Å². The molecule has 0 saturated heterocycles. The molecule has 0 bridgehead atoms. The van der Waals surface area contributed by atoms with Gasteiger partial charge in [-0.25, -0.2) is 4.79 Å². The number of benzene rings is 1. The topological polar surface area (TPSA) is 61.8 Å². The minimum atomic E-state index is -0.594. The first kappa shape index (κ1) is 18.7. The van der Waals surface area contributed by atoms with Crippen LogP contribution in [0.4, 0.5) is 4.79 Å². The maximum Gasteiger partial charge on any atom is 0.414 e. The smallest absolute Gasteiger partial charge is 0.410 e. The van der Waals surface area contributed by atoms with Gasteiger partial charge in [0.2, 0.25) is 0 Å². The number of rotatable bonds is 5. The predicted molar refractivity (Wildman–Crippen MR) is 88.6 cm³/mol. The van der Waals surface area contributed by atoms with Gasteiger partial charge in [-0.1, -0.05) is 25.0 Å². The second-order valence-corrected chi connectivity index (χ2v) is 5.74. The van der Waals surface area contributed by atoms with Crippen LogP contribution in [0.15, 0.2) is 24.3 Å². The second kappa shape index (κ2) is 8.98. The molecule has 2 rings (SSSR count). The Balaban J connectivity index is 0.00000242. The molecule has 1 unspecified atom stereocenters. The van der Waals surface area contributed by atoms with E-state index in [0.29, 0.717) is 18.3 Å². The highest BCUT2D eigenvalue weighted by atomic mass is 35.5. The molecule has 1 amide bonds. The first-order valence-electron chi connectivity index (χ1n) is 7.47. The largest absolute Gasteiger partial charge is 0.414 e. The molecule has 1 saturated carbocycles. The second-order valence-electron chi connectivity index (χ2n) is 5.74. The average Bonchev–Trinajstić information content (AvgIpc) is 2.98. The van der Waals surface area contributed by atoms with Crippen LogP contribution in [-0.4, -0.2) is 42.8 Å². The van der Waals surface area contributed by atoms with E-state index >= 15 is 0 Å². The average molecular weight is 329 g/mol. The van der Waals surface area contributed by atoms with E-state index in [0.717, 1.165) is 5.56 Å². The van der Waals surface area contributed by atoms with Crippen LogP contribution in [0, 0.1) is 0 Å². The monoisotopic (exact) mass is 328 g/mol. The number of carbonyl (C=O) groups excluding carboxylic acids is 1. The summed E-state index contributed by atoms with van der Waals surface area (Å²) in [5.74, 6) is 0.450. The van der Waals surface area contributed by atoms with E-state index in [-0.39, 0.29) is 12.4 Å². The fourth-order valence-corrected chi connectivity index (χ4v) is 2.50. The predicted octanol–water partition coefficient (Wildman–Crippen LogP) is 2.73. The van der Waals surface area contributed by atoms with E-state index in [1.54, 1.807) is 32.3 Å². The molecule has 2 N–H and O–H groups in total. The zero-order valence-corrected chi connectivity index (χ0v) is 13.9. The van der Waals surface area contributed by atoms with E-state index in [4.69, 9.17) is 4.74 Å². The van der Waals surface area contributed by atoms with Crippen LogP contribution >= 0.6 is 12.4 Å². The summed E-state index contributed by atoms with van der Waals surface area (Å²) in [5.41, 5.74) is 0.754. The summed E-state index contributed by atoms with van der Waals surface area (Å²) < 4.78 is 5.20. The van der Waals surface area contributed by atoms with Crippen molar-refractivity contribution in [3.63, 3.8) is 0 Å². The van der Waals surface area contributed by atoms with Gasteiger partial charge in [0.25, 0.3) is 0 Å². The lowest BCUT2D eigenvalue weighted by Gasteiger charge is -2.17. The van der Waals surface area contributed by atoms with Crippen molar-refractivity contribution in [2.75, 3.05) is 20.6 Å². The summed E-state index contributed by atoms with van der Waals surface area (Å²) in [6.07, 6.45) is 3.89. The summed E-state index contributed by atoms with van der Waals surface area (Å²) in [4.78, 5) is 12.9. The number of halogens is 1. The molecule has 1 fully saturated rings. The number of amides is 1. The van der Waals surface area contributed by atoms with Crippen LogP contribution in [0.5, 0.6) is 5.75 Å². The highest BCUT2D eigenvalue weighted by Gasteiger charge is 2.17. The Hall–Kier alpha value is -1.30. The molecule has 1 atom stereocenters. The van der Waals surface area contributed by atoms with E-state index in [1.165, 1.54) is 30.6 Å². The van der Waals surface area contributed by atoms with Crippen molar-refractivity contribution in [2.45, 2.75) is 37.8 Å². The molecule has 1 aromatic rings. The van der Waals surface area contributed by atoms with Gasteiger partial charge >= 0.3 is 6.09 Å². The minimum absolute atomic E-state index is 0. The highest BCUT2D eigenvalue weighted by molar-refractivity contribution is 5.85. The molecular formula is C16H25ClN2O3. The van der Waals surface area contributed by atoms with Crippen molar-refractivity contribution in [1.82, 2.24) is 10.2 Å². The molecule has 5 nitrogen and oxygen atoms in total. The van der Waals surface area contributed by atoms with Gasteiger partial charge in [-0.05, 0) is 30.5 Å². The third kappa shape index (κ3) is 5.48. The molecule has 124 valence electrons. The number of hydrogen-bond acceptors (Lipinski definition) is 4. The quantitative estimate of drug-likeness (QED) is 0.872. The van der Waals surface area contributed by atoms with Crippen molar-refractivity contribution in [3.05, 3.63) is 29.8 Å². The first-order valence-corrected chi connectivity index (χ1v) is 7.47. The summed E-state index contributed by atoms with van der Waals surface area (Å²) in [6, 6.07) is 7.57. The summed E-state index contributed by atoms with van der Waals surface area (Å²) >= 11 is 0. The zero-order valence-electron chi connectivity index (χ0n) is 13.1. The number of aliphatic hydroxyl groups excluding tert-OH is 1. The number of aliphatic hydroxyl groups is 1. The lowest BCUT2D eigenvalue weighted by atomic mass is 10.1. The lowest BCUT2D eigenvalue weighted by Crippen LogP contribution is -2.30. The molecule has 6 heteroatoms. The molecule has 0 heterocycles. The van der Waals surface area contributed by atoms with Crippen molar-refractivity contribution in [3.8, 4) is 5.75 Å². The maximum atomic E-state index is 11.5. The Bertz CT molecular complexity index is 476. The molecule has 1 aromatic carbocycles. The summed E-state index contributed by atoms with van der Waals surface area (Å²) in [7, 11) is 3.26. The van der Waals surface area contributed by atoms with Gasteiger partial charge in [-0.3, -0.25) is 0 Å². The zero-order chi connectivity index (χ0) is 15.2. The lowest BCUT2D eigenvalue weighted by molar-refractivity contribution is 0.166. The third-order valence-corrected chi connectivity index (χ3v) is 3.77. The number of nitrogens with one attached hydrogen (secondary N) is 1. The van der Waals surface area contributed by atoms with Gasteiger partial charge < -0.3 is 20.1 Å². The number of ether oxygens (including phenoxy) is 1. The fraction of sp³-hybridized carbons (Fsp3) is 0.562. The Morgan fingerprint density at radius 3 is 2.73 bits per heavy atom. The maximum absolute atomic E-state index is 11.5. The fourth-order valence-electron chi connectivity index (χ4n) is 2.50. The van der Waals surface area contributed by atoms with Crippen LogP contribution in [0.25, 0.3) is 0 Å². The first-order chi connectivity index (χ1) is 10.1. The van der Waals surface area contributed by atoms with Gasteiger partial charge in [-0.2, -0.15) is 0 Å². The van der Waals surface area contributed by atoms with Crippen LogP contribution in [-0.2, 0) is 0 Å². The summed E-state index contributed by atoms with van der Waals surface area (Å²) in [6.45, 7) is 0.524. The van der Waals surface area contributed by atoms with Crippen molar-refractivity contribution >= 4 is 18.5 Å². The molecular weight excluding hydrogens is 304 g/mol. The minimum Gasteiger partial charge on any atom is -0.410 e. The Morgan fingerprint density at radius 2 is 2.09 bits per heavy atom. The molecule has 1 aliphatic carbocycles. The Morgan fingerprint density at radius 1 is 1.41 bits per heavy atom.